The highest BCUT2D eigenvalue weighted by Crippen LogP contribution is 2.25. The minimum absolute atomic E-state index is 0. The van der Waals surface area contributed by atoms with Crippen molar-refractivity contribution >= 4 is 29.9 Å². The van der Waals surface area contributed by atoms with Crippen molar-refractivity contribution in [1.82, 2.24) is 20.4 Å². The molecule has 1 aromatic carbocycles. The highest BCUT2D eigenvalue weighted by molar-refractivity contribution is 14.0. The third-order valence-corrected chi connectivity index (χ3v) is 4.52. The third-order valence-electron chi connectivity index (χ3n) is 4.52. The summed E-state index contributed by atoms with van der Waals surface area (Å²) >= 11 is 0. The molecule has 1 fully saturated rings. The van der Waals surface area contributed by atoms with E-state index >= 15 is 0 Å². The number of benzene rings is 1. The van der Waals surface area contributed by atoms with Crippen molar-refractivity contribution in [2.24, 2.45) is 4.99 Å². The molecule has 0 aliphatic carbocycles. The molecule has 29 heavy (non-hydrogen) atoms. The Labute approximate surface area is 188 Å². The first-order valence-corrected chi connectivity index (χ1v) is 9.78. The topological polar surface area (TPSA) is 75.8 Å². The average molecular weight is 517 g/mol. The van der Waals surface area contributed by atoms with Crippen molar-refractivity contribution < 1.29 is 13.7 Å². The van der Waals surface area contributed by atoms with E-state index in [2.05, 4.69) is 27.3 Å². The number of aromatic nitrogens is 2. The summed E-state index contributed by atoms with van der Waals surface area (Å²) in [5, 5.41) is 7.17. The second kappa shape index (κ2) is 11.4. The van der Waals surface area contributed by atoms with Crippen LogP contribution in [0.25, 0.3) is 0 Å². The molecule has 7 nitrogen and oxygen atoms in total. The summed E-state index contributed by atoms with van der Waals surface area (Å²) in [6.45, 7) is 8.79. The van der Waals surface area contributed by atoms with E-state index in [9.17, 15) is 4.39 Å². The second-order valence-electron chi connectivity index (χ2n) is 6.97. The highest BCUT2D eigenvalue weighted by atomic mass is 127. The van der Waals surface area contributed by atoms with Crippen molar-refractivity contribution in [3.8, 4) is 0 Å². The number of hydrogen-bond donors (Lipinski definition) is 1. The van der Waals surface area contributed by atoms with Gasteiger partial charge in [-0.1, -0.05) is 17.3 Å². The van der Waals surface area contributed by atoms with Crippen LogP contribution in [0.2, 0.25) is 0 Å². The summed E-state index contributed by atoms with van der Waals surface area (Å²) in [4.78, 5) is 11.2. The van der Waals surface area contributed by atoms with E-state index in [1.807, 2.05) is 13.8 Å². The molecule has 2 heterocycles. The minimum Gasteiger partial charge on any atom is -0.367 e. The number of nitrogens with zero attached hydrogens (tertiary/aromatic N) is 4. The molecular formula is C20H29FIN5O2. The number of morpholine rings is 1. The SMILES string of the molecule is CCNC(=NCCCc1nc(C)no1)N1CC(C)OC(c2ccc(F)cc2)C1.I. The van der Waals surface area contributed by atoms with Crippen LogP contribution in [0.3, 0.4) is 0 Å². The van der Waals surface area contributed by atoms with Crippen LogP contribution in [-0.4, -0.2) is 53.3 Å². The van der Waals surface area contributed by atoms with Crippen LogP contribution in [0.4, 0.5) is 4.39 Å². The molecule has 1 aliphatic rings. The molecule has 160 valence electrons. The molecule has 2 unspecified atom stereocenters. The van der Waals surface area contributed by atoms with Crippen LogP contribution >= 0.6 is 24.0 Å². The summed E-state index contributed by atoms with van der Waals surface area (Å²) < 4.78 is 24.5. The Morgan fingerprint density at radius 1 is 1.31 bits per heavy atom. The summed E-state index contributed by atoms with van der Waals surface area (Å²) in [5.74, 6) is 1.93. The summed E-state index contributed by atoms with van der Waals surface area (Å²) in [6, 6.07) is 6.51. The lowest BCUT2D eigenvalue weighted by molar-refractivity contribution is -0.0605. The molecular weight excluding hydrogens is 488 g/mol. The van der Waals surface area contributed by atoms with Crippen LogP contribution in [-0.2, 0) is 11.2 Å². The number of hydrogen-bond acceptors (Lipinski definition) is 5. The molecule has 1 aliphatic heterocycles. The maximum atomic E-state index is 13.2. The van der Waals surface area contributed by atoms with Crippen molar-refractivity contribution in [2.75, 3.05) is 26.2 Å². The Bertz CT molecular complexity index is 783. The minimum atomic E-state index is -0.240. The summed E-state index contributed by atoms with van der Waals surface area (Å²) in [6.07, 6.45) is 1.47. The molecule has 0 bridgehead atoms. The first kappa shape index (κ1) is 23.5. The molecule has 1 N–H and O–H groups in total. The predicted molar refractivity (Wildman–Crippen MR) is 120 cm³/mol. The van der Waals surface area contributed by atoms with Crippen LogP contribution in [0.15, 0.2) is 33.8 Å². The van der Waals surface area contributed by atoms with Gasteiger partial charge >= 0.3 is 0 Å². The molecule has 9 heteroatoms. The maximum absolute atomic E-state index is 13.2. The van der Waals surface area contributed by atoms with Gasteiger partial charge in [0.15, 0.2) is 11.8 Å². The van der Waals surface area contributed by atoms with Crippen LogP contribution in [0.1, 0.15) is 43.7 Å². The smallest absolute Gasteiger partial charge is 0.226 e. The van der Waals surface area contributed by atoms with Crippen LogP contribution in [0, 0.1) is 12.7 Å². The highest BCUT2D eigenvalue weighted by Gasteiger charge is 2.28. The van der Waals surface area contributed by atoms with Crippen molar-refractivity contribution in [3.05, 3.63) is 47.4 Å². The van der Waals surface area contributed by atoms with Gasteiger partial charge in [0.1, 0.15) is 11.9 Å². The first-order chi connectivity index (χ1) is 13.5. The molecule has 2 atom stereocenters. The molecule has 1 saturated heterocycles. The van der Waals surface area contributed by atoms with E-state index in [0.29, 0.717) is 31.2 Å². The monoisotopic (exact) mass is 517 g/mol. The van der Waals surface area contributed by atoms with E-state index in [4.69, 9.17) is 14.3 Å². The number of rotatable bonds is 6. The lowest BCUT2D eigenvalue weighted by Crippen LogP contribution is -2.50. The van der Waals surface area contributed by atoms with Gasteiger partial charge < -0.3 is 19.5 Å². The standard InChI is InChI=1S/C20H28FN5O2.HI/c1-4-22-20(23-11-5-6-19-24-15(3)25-28-19)26-12-14(2)27-18(13-26)16-7-9-17(21)10-8-16;/h7-10,14,18H,4-6,11-13H2,1-3H3,(H,22,23);1H. The third kappa shape index (κ3) is 6.91. The maximum Gasteiger partial charge on any atom is 0.226 e. The fourth-order valence-electron chi connectivity index (χ4n) is 3.27. The molecule has 2 aromatic rings. The number of nitrogens with one attached hydrogen (secondary N) is 1. The van der Waals surface area contributed by atoms with E-state index in [-0.39, 0.29) is 42.0 Å². The number of aliphatic imine (C=N–C) groups is 1. The van der Waals surface area contributed by atoms with Gasteiger partial charge in [0.05, 0.1) is 12.6 Å². The Morgan fingerprint density at radius 2 is 2.07 bits per heavy atom. The molecule has 0 radical (unpaired) electrons. The average Bonchev–Trinajstić information content (AvgIpc) is 3.09. The molecule has 1 aromatic heterocycles. The van der Waals surface area contributed by atoms with Crippen molar-refractivity contribution in [1.29, 1.82) is 0 Å². The summed E-state index contributed by atoms with van der Waals surface area (Å²) in [7, 11) is 0. The Morgan fingerprint density at radius 3 is 2.72 bits per heavy atom. The van der Waals surface area contributed by atoms with Gasteiger partial charge in [0.2, 0.25) is 5.89 Å². The zero-order valence-corrected chi connectivity index (χ0v) is 19.4. The lowest BCUT2D eigenvalue weighted by atomic mass is 10.1. The van der Waals surface area contributed by atoms with Crippen molar-refractivity contribution in [2.45, 2.75) is 45.8 Å². The molecule has 0 amide bonds. The van der Waals surface area contributed by atoms with Gasteiger partial charge in [0, 0.05) is 26.1 Å². The quantitative estimate of drug-likeness (QED) is 0.274. The van der Waals surface area contributed by atoms with Gasteiger partial charge in [0.25, 0.3) is 0 Å². The van der Waals surface area contributed by atoms with Crippen LogP contribution in [0.5, 0.6) is 0 Å². The van der Waals surface area contributed by atoms with Gasteiger partial charge in [-0.05, 0) is 44.9 Å². The predicted octanol–water partition coefficient (Wildman–Crippen LogP) is 3.50. The Balaban J connectivity index is 0.00000300. The van der Waals surface area contributed by atoms with Crippen molar-refractivity contribution in [3.63, 3.8) is 0 Å². The van der Waals surface area contributed by atoms with E-state index in [1.54, 1.807) is 12.1 Å². The van der Waals surface area contributed by atoms with E-state index in [0.717, 1.165) is 31.0 Å². The second-order valence-corrected chi connectivity index (χ2v) is 6.97. The Kier molecular flexibility index (Phi) is 9.28. The fourth-order valence-corrected chi connectivity index (χ4v) is 3.27. The van der Waals surface area contributed by atoms with Gasteiger partial charge in [-0.25, -0.2) is 4.39 Å². The van der Waals surface area contributed by atoms with Crippen LogP contribution < -0.4 is 5.32 Å². The van der Waals surface area contributed by atoms with Gasteiger partial charge in [-0.15, -0.1) is 24.0 Å². The lowest BCUT2D eigenvalue weighted by Gasteiger charge is -2.38. The van der Waals surface area contributed by atoms with E-state index < -0.39 is 0 Å². The zero-order chi connectivity index (χ0) is 19.9. The largest absolute Gasteiger partial charge is 0.367 e. The van der Waals surface area contributed by atoms with E-state index in [1.165, 1.54) is 12.1 Å². The number of ether oxygens (including phenoxy) is 1. The fraction of sp³-hybridized carbons (Fsp3) is 0.550. The van der Waals surface area contributed by atoms with Gasteiger partial charge in [-0.2, -0.15) is 4.98 Å². The first-order valence-electron chi connectivity index (χ1n) is 9.78. The number of aryl methyl sites for hydroxylation is 2. The Hall–Kier alpha value is -1.75. The molecule has 0 spiro atoms. The molecule has 0 saturated carbocycles. The normalized spacial score (nSPS) is 19.7. The molecule has 3 rings (SSSR count). The number of guanidine groups is 1. The number of halogens is 2. The van der Waals surface area contributed by atoms with Gasteiger partial charge in [-0.3, -0.25) is 4.99 Å². The zero-order valence-electron chi connectivity index (χ0n) is 17.1. The summed E-state index contributed by atoms with van der Waals surface area (Å²) in [5.41, 5.74) is 0.973.